The van der Waals surface area contributed by atoms with Gasteiger partial charge in [-0.05, 0) is 44.0 Å². The minimum absolute atomic E-state index is 0.00307. The Morgan fingerprint density at radius 1 is 1.39 bits per heavy atom. The zero-order chi connectivity index (χ0) is 22.4. The molecule has 2 aromatic rings. The first kappa shape index (κ1) is 22.1. The number of rotatable bonds is 4. The van der Waals surface area contributed by atoms with Gasteiger partial charge in [0.15, 0.2) is 0 Å². The van der Waals surface area contributed by atoms with Crippen LogP contribution in [-0.2, 0) is 10.8 Å². The highest BCUT2D eigenvalue weighted by Gasteiger charge is 2.18. The van der Waals surface area contributed by atoms with Crippen molar-refractivity contribution in [1.82, 2.24) is 14.3 Å². The van der Waals surface area contributed by atoms with E-state index in [2.05, 4.69) is 24.6 Å². The van der Waals surface area contributed by atoms with Gasteiger partial charge in [-0.25, -0.2) is 27.9 Å². The lowest BCUT2D eigenvalue weighted by atomic mass is 10.2. The number of halogens is 1. The molecular formula is C19H21FN8O2S. The summed E-state index contributed by atoms with van der Waals surface area (Å²) < 4.78 is 32.0. The van der Waals surface area contributed by atoms with Gasteiger partial charge in [-0.1, -0.05) is 0 Å². The SMILES string of the molecule is C[C@H](/N=C(/N)N1CCCCN=[SH]1=O)c1nc(NC(=O)c2ccc(C#N)cn2)ccc1F. The third-order valence-corrected chi connectivity index (χ3v) is 5.69. The number of pyridine rings is 2. The summed E-state index contributed by atoms with van der Waals surface area (Å²) in [5, 5.41) is 11.3. The fourth-order valence-electron chi connectivity index (χ4n) is 2.82. The molecule has 31 heavy (non-hydrogen) atoms. The van der Waals surface area contributed by atoms with Gasteiger partial charge in [0, 0.05) is 19.3 Å². The number of aromatic nitrogens is 2. The van der Waals surface area contributed by atoms with Gasteiger partial charge in [0.1, 0.15) is 39.9 Å². The third-order valence-electron chi connectivity index (χ3n) is 4.43. The summed E-state index contributed by atoms with van der Waals surface area (Å²) in [6, 6.07) is 6.46. The number of nitrogens with two attached hydrogens (primary N) is 1. The zero-order valence-corrected chi connectivity index (χ0v) is 17.6. The first-order valence-electron chi connectivity index (χ1n) is 9.48. The molecule has 1 aliphatic heterocycles. The highest BCUT2D eigenvalue weighted by atomic mass is 32.2. The number of guanidine groups is 1. The molecule has 0 saturated carbocycles. The van der Waals surface area contributed by atoms with Crippen molar-refractivity contribution in [3.63, 3.8) is 0 Å². The van der Waals surface area contributed by atoms with Gasteiger partial charge in [0.25, 0.3) is 5.91 Å². The Kier molecular flexibility index (Phi) is 7.09. The molecule has 3 heterocycles. The predicted molar refractivity (Wildman–Crippen MR) is 114 cm³/mol. The summed E-state index contributed by atoms with van der Waals surface area (Å²) in [5.41, 5.74) is 6.36. The molecule has 2 aromatic heterocycles. The molecular weight excluding hydrogens is 423 g/mol. The number of carbonyl (C=O) groups excluding carboxylic acids is 1. The minimum atomic E-state index is -2.02. The van der Waals surface area contributed by atoms with E-state index in [1.165, 1.54) is 28.7 Å². The minimum Gasteiger partial charge on any atom is -0.369 e. The second-order valence-corrected chi connectivity index (χ2v) is 7.94. The van der Waals surface area contributed by atoms with Crippen molar-refractivity contribution >= 4 is 28.5 Å². The maximum atomic E-state index is 14.4. The number of amides is 1. The molecule has 0 saturated heterocycles. The number of nitrogens with zero attached hydrogens (tertiary/aromatic N) is 6. The lowest BCUT2D eigenvalue weighted by Gasteiger charge is -2.18. The Morgan fingerprint density at radius 2 is 2.19 bits per heavy atom. The number of thiol groups is 1. The molecule has 0 aromatic carbocycles. The standard InChI is InChI=1S/C19H21FN8O2S/c1-12(25-19(22)28-9-3-2-8-24-31(28)30)17-14(20)5-7-16(26-17)27-18(29)15-6-4-13(10-21)11-23-15/h4-7,11-12,31H,2-3,8-9H2,1H3,(H2,22,25)(H,26,27,29)/t12-/m0/s1. The maximum Gasteiger partial charge on any atom is 0.275 e. The molecule has 162 valence electrons. The number of hydrogen-bond donors (Lipinski definition) is 3. The molecule has 1 aliphatic rings. The van der Waals surface area contributed by atoms with Crippen molar-refractivity contribution < 1.29 is 13.4 Å². The molecule has 0 fully saturated rings. The van der Waals surface area contributed by atoms with Crippen LogP contribution < -0.4 is 11.1 Å². The number of nitriles is 1. The fourth-order valence-corrected chi connectivity index (χ4v) is 3.82. The van der Waals surface area contributed by atoms with Crippen molar-refractivity contribution in [1.29, 1.82) is 5.26 Å². The summed E-state index contributed by atoms with van der Waals surface area (Å²) in [7, 11) is -2.02. The number of aliphatic imine (C=N–C) groups is 1. The normalized spacial score (nSPS) is 17.8. The van der Waals surface area contributed by atoms with Crippen LogP contribution >= 0.6 is 0 Å². The Morgan fingerprint density at radius 3 is 2.90 bits per heavy atom. The molecule has 12 heteroatoms. The average Bonchev–Trinajstić information content (AvgIpc) is 2.99. The molecule has 3 N–H and O–H groups in total. The van der Waals surface area contributed by atoms with Crippen molar-refractivity contribution in [3.8, 4) is 6.07 Å². The highest BCUT2D eigenvalue weighted by Crippen LogP contribution is 2.21. The van der Waals surface area contributed by atoms with E-state index in [0.29, 0.717) is 18.7 Å². The van der Waals surface area contributed by atoms with Crippen molar-refractivity contribution in [2.75, 3.05) is 18.4 Å². The molecule has 0 bridgehead atoms. The van der Waals surface area contributed by atoms with E-state index >= 15 is 0 Å². The molecule has 0 spiro atoms. The van der Waals surface area contributed by atoms with Gasteiger partial charge in [-0.3, -0.25) is 9.10 Å². The van der Waals surface area contributed by atoms with Gasteiger partial charge in [-0.15, -0.1) is 0 Å². The Hall–Kier alpha value is -3.59. The molecule has 3 rings (SSSR count). The van der Waals surface area contributed by atoms with Crippen molar-refractivity contribution in [2.45, 2.75) is 25.8 Å². The number of carbonyl (C=O) groups is 1. The zero-order valence-electron chi connectivity index (χ0n) is 16.7. The summed E-state index contributed by atoms with van der Waals surface area (Å²) in [6.45, 7) is 2.54. The molecule has 1 unspecified atom stereocenters. The first-order chi connectivity index (χ1) is 14.9. The van der Waals surface area contributed by atoms with Gasteiger partial charge < -0.3 is 11.1 Å². The van der Waals surface area contributed by atoms with E-state index < -0.39 is 28.5 Å². The average molecular weight is 444 g/mol. The first-order valence-corrected chi connectivity index (χ1v) is 10.6. The molecule has 0 radical (unpaired) electrons. The van der Waals surface area contributed by atoms with Crippen LogP contribution in [0.4, 0.5) is 10.2 Å². The van der Waals surface area contributed by atoms with Crippen LogP contribution in [0.25, 0.3) is 0 Å². The number of hydrogen-bond acceptors (Lipinski definition) is 7. The monoisotopic (exact) mass is 444 g/mol. The molecule has 1 amide bonds. The smallest absolute Gasteiger partial charge is 0.275 e. The van der Waals surface area contributed by atoms with E-state index in [0.717, 1.165) is 18.9 Å². The second-order valence-electron chi connectivity index (χ2n) is 6.67. The van der Waals surface area contributed by atoms with Crippen LogP contribution in [0.15, 0.2) is 39.8 Å². The quantitative estimate of drug-likeness (QED) is 0.372. The summed E-state index contributed by atoms with van der Waals surface area (Å²) in [4.78, 5) is 24.6. The third kappa shape index (κ3) is 5.52. The topological polar surface area (TPSA) is 150 Å². The van der Waals surface area contributed by atoms with Gasteiger partial charge in [-0.2, -0.15) is 5.26 Å². The van der Waals surface area contributed by atoms with Gasteiger partial charge in [0.05, 0.1) is 11.6 Å². The highest BCUT2D eigenvalue weighted by molar-refractivity contribution is 7.73. The fraction of sp³-hybridized carbons (Fsp3) is 0.316. The van der Waals surface area contributed by atoms with Gasteiger partial charge in [0.2, 0.25) is 5.96 Å². The van der Waals surface area contributed by atoms with Gasteiger partial charge >= 0.3 is 0 Å². The van der Waals surface area contributed by atoms with E-state index in [-0.39, 0.29) is 23.2 Å². The van der Waals surface area contributed by atoms with E-state index in [1.807, 2.05) is 6.07 Å². The van der Waals surface area contributed by atoms with Crippen LogP contribution in [0, 0.1) is 17.1 Å². The lowest BCUT2D eigenvalue weighted by Crippen LogP contribution is -2.36. The van der Waals surface area contributed by atoms with Crippen LogP contribution in [0.2, 0.25) is 0 Å². The molecule has 0 aliphatic carbocycles. The van der Waals surface area contributed by atoms with Crippen LogP contribution in [-0.4, -0.2) is 43.4 Å². The summed E-state index contributed by atoms with van der Waals surface area (Å²) >= 11 is 0. The van der Waals surface area contributed by atoms with E-state index in [9.17, 15) is 13.4 Å². The summed E-state index contributed by atoms with van der Waals surface area (Å²) in [6.07, 6.45) is 2.86. The van der Waals surface area contributed by atoms with Crippen molar-refractivity contribution in [3.05, 3.63) is 53.2 Å². The predicted octanol–water partition coefficient (Wildman–Crippen LogP) is 1.79. The van der Waals surface area contributed by atoms with Crippen LogP contribution in [0.5, 0.6) is 0 Å². The Labute approximate surface area is 180 Å². The number of nitrogens with one attached hydrogen (secondary N) is 1. The van der Waals surface area contributed by atoms with Crippen LogP contribution in [0.3, 0.4) is 0 Å². The Balaban J connectivity index is 1.78. The molecule has 10 nitrogen and oxygen atoms in total. The largest absolute Gasteiger partial charge is 0.369 e. The maximum absolute atomic E-state index is 14.4. The van der Waals surface area contributed by atoms with E-state index in [4.69, 9.17) is 11.0 Å². The number of anilines is 1. The molecule has 2 atom stereocenters. The summed E-state index contributed by atoms with van der Waals surface area (Å²) in [5.74, 6) is -1.09. The van der Waals surface area contributed by atoms with Crippen LogP contribution in [0.1, 0.15) is 47.6 Å². The lowest BCUT2D eigenvalue weighted by molar-refractivity contribution is 0.102. The second kappa shape index (κ2) is 9.94. The van der Waals surface area contributed by atoms with Crippen molar-refractivity contribution in [2.24, 2.45) is 15.1 Å². The Bertz CT molecular complexity index is 1120. The van der Waals surface area contributed by atoms with E-state index in [1.54, 1.807) is 6.92 Å².